The minimum atomic E-state index is -0.790. The normalized spacial score (nSPS) is 12.3. The standard InChI is InChI=1S/C18H38N2O3/c1-2-3-4-5-6-7-8-9-10-11-12-17(23)18(19)20(13-15-21)14-16-22/h17,19,21-23H,2-16H2,1H3. The van der Waals surface area contributed by atoms with Crippen molar-refractivity contribution in [3.8, 4) is 0 Å². The molecule has 0 radical (unpaired) electrons. The van der Waals surface area contributed by atoms with Gasteiger partial charge in [-0.25, -0.2) is 0 Å². The third kappa shape index (κ3) is 12.4. The second-order valence-corrected chi connectivity index (χ2v) is 6.31. The third-order valence-corrected chi connectivity index (χ3v) is 4.23. The largest absolute Gasteiger partial charge is 0.395 e. The van der Waals surface area contributed by atoms with E-state index in [-0.39, 0.29) is 32.1 Å². The van der Waals surface area contributed by atoms with Gasteiger partial charge in [0.1, 0.15) is 11.9 Å². The lowest BCUT2D eigenvalue weighted by atomic mass is 10.0. The summed E-state index contributed by atoms with van der Waals surface area (Å²) in [7, 11) is 0. The molecule has 0 aromatic heterocycles. The fraction of sp³-hybridized carbons (Fsp3) is 0.944. The monoisotopic (exact) mass is 330 g/mol. The molecule has 0 heterocycles. The van der Waals surface area contributed by atoms with Gasteiger partial charge in [0, 0.05) is 13.1 Å². The first-order valence-electron chi connectivity index (χ1n) is 9.40. The van der Waals surface area contributed by atoms with Crippen molar-refractivity contribution in [3.05, 3.63) is 0 Å². The highest BCUT2D eigenvalue weighted by Gasteiger charge is 2.17. The summed E-state index contributed by atoms with van der Waals surface area (Å²) in [6.07, 6.45) is 12.3. The van der Waals surface area contributed by atoms with Crippen LogP contribution in [0.15, 0.2) is 0 Å². The molecule has 0 aliphatic rings. The van der Waals surface area contributed by atoms with Gasteiger partial charge in [-0.05, 0) is 6.42 Å². The van der Waals surface area contributed by atoms with E-state index < -0.39 is 6.10 Å². The Hall–Kier alpha value is -0.650. The first-order chi connectivity index (χ1) is 11.2. The molecule has 0 bridgehead atoms. The van der Waals surface area contributed by atoms with Gasteiger partial charge in [-0.2, -0.15) is 0 Å². The first-order valence-corrected chi connectivity index (χ1v) is 9.40. The van der Waals surface area contributed by atoms with Crippen molar-refractivity contribution in [2.45, 2.75) is 83.7 Å². The smallest absolute Gasteiger partial charge is 0.125 e. The van der Waals surface area contributed by atoms with Crippen LogP contribution >= 0.6 is 0 Å². The second-order valence-electron chi connectivity index (χ2n) is 6.31. The Morgan fingerprint density at radius 2 is 1.26 bits per heavy atom. The zero-order chi connectivity index (χ0) is 17.3. The van der Waals surface area contributed by atoms with Gasteiger partial charge in [-0.3, -0.25) is 5.41 Å². The number of aliphatic hydroxyl groups excluding tert-OH is 3. The molecule has 0 aromatic carbocycles. The molecule has 0 saturated heterocycles. The lowest BCUT2D eigenvalue weighted by Gasteiger charge is -2.26. The molecule has 1 atom stereocenters. The zero-order valence-corrected chi connectivity index (χ0v) is 15.0. The number of unbranched alkanes of at least 4 members (excludes halogenated alkanes) is 9. The highest BCUT2D eigenvalue weighted by Crippen LogP contribution is 2.12. The van der Waals surface area contributed by atoms with E-state index in [2.05, 4.69) is 6.92 Å². The molecule has 1 unspecified atom stereocenters. The summed E-state index contributed by atoms with van der Waals surface area (Å²) in [5.74, 6) is 0.115. The zero-order valence-electron chi connectivity index (χ0n) is 15.0. The molecule has 0 aliphatic carbocycles. The highest BCUT2D eigenvalue weighted by atomic mass is 16.3. The summed E-state index contributed by atoms with van der Waals surface area (Å²) in [5.41, 5.74) is 0. The van der Waals surface area contributed by atoms with Crippen LogP contribution in [-0.4, -0.2) is 58.5 Å². The number of hydrogen-bond acceptors (Lipinski definition) is 4. The number of aliphatic hydroxyl groups is 3. The van der Waals surface area contributed by atoms with E-state index in [9.17, 15) is 5.11 Å². The van der Waals surface area contributed by atoms with Gasteiger partial charge in [-0.15, -0.1) is 0 Å². The third-order valence-electron chi connectivity index (χ3n) is 4.23. The fourth-order valence-electron chi connectivity index (χ4n) is 2.77. The molecular weight excluding hydrogens is 292 g/mol. The van der Waals surface area contributed by atoms with Crippen molar-refractivity contribution in [1.82, 2.24) is 4.90 Å². The van der Waals surface area contributed by atoms with E-state index in [1.165, 1.54) is 51.4 Å². The lowest BCUT2D eigenvalue weighted by molar-refractivity contribution is 0.174. The van der Waals surface area contributed by atoms with Crippen LogP contribution in [-0.2, 0) is 0 Å². The molecule has 0 saturated carbocycles. The predicted octanol–water partition coefficient (Wildman–Crippen LogP) is 2.92. The Bertz CT molecular complexity index is 269. The lowest BCUT2D eigenvalue weighted by Crippen LogP contribution is -2.41. The van der Waals surface area contributed by atoms with E-state index in [0.717, 1.165) is 12.8 Å². The Labute approximate surface area is 142 Å². The summed E-state index contributed by atoms with van der Waals surface area (Å²) >= 11 is 0. The summed E-state index contributed by atoms with van der Waals surface area (Å²) < 4.78 is 0. The van der Waals surface area contributed by atoms with E-state index in [1.807, 2.05) is 0 Å². The Balaban J connectivity index is 3.61. The van der Waals surface area contributed by atoms with Gasteiger partial charge in [0.2, 0.25) is 0 Å². The number of amidine groups is 1. The van der Waals surface area contributed by atoms with Crippen LogP contribution in [0.1, 0.15) is 77.6 Å². The van der Waals surface area contributed by atoms with Crippen molar-refractivity contribution in [2.24, 2.45) is 0 Å². The molecule has 5 nitrogen and oxygen atoms in total. The molecular formula is C18H38N2O3. The molecule has 0 amide bonds. The molecule has 0 rings (SSSR count). The Kier molecular flexibility index (Phi) is 15.8. The second kappa shape index (κ2) is 16.2. The molecule has 0 spiro atoms. The SMILES string of the molecule is CCCCCCCCCCCCC(O)C(=N)N(CCO)CCO. The van der Waals surface area contributed by atoms with Gasteiger partial charge >= 0.3 is 0 Å². The summed E-state index contributed by atoms with van der Waals surface area (Å²) in [6, 6.07) is 0. The highest BCUT2D eigenvalue weighted by molar-refractivity contribution is 5.83. The summed E-state index contributed by atoms with van der Waals surface area (Å²) in [6.45, 7) is 2.66. The van der Waals surface area contributed by atoms with Crippen LogP contribution in [0.5, 0.6) is 0 Å². The van der Waals surface area contributed by atoms with Crippen LogP contribution in [0.2, 0.25) is 0 Å². The molecule has 0 aliphatic heterocycles. The fourth-order valence-corrected chi connectivity index (χ4v) is 2.77. The van der Waals surface area contributed by atoms with E-state index >= 15 is 0 Å². The molecule has 0 aromatic rings. The van der Waals surface area contributed by atoms with Crippen molar-refractivity contribution in [1.29, 1.82) is 5.41 Å². The van der Waals surface area contributed by atoms with Gasteiger partial charge in [0.25, 0.3) is 0 Å². The molecule has 0 fully saturated rings. The van der Waals surface area contributed by atoms with Crippen LogP contribution < -0.4 is 0 Å². The van der Waals surface area contributed by atoms with Gasteiger partial charge in [0.05, 0.1) is 13.2 Å². The van der Waals surface area contributed by atoms with Crippen molar-refractivity contribution in [2.75, 3.05) is 26.3 Å². The molecule has 23 heavy (non-hydrogen) atoms. The first kappa shape index (κ1) is 22.4. The number of nitrogens with zero attached hydrogens (tertiary/aromatic N) is 1. The van der Waals surface area contributed by atoms with E-state index in [1.54, 1.807) is 4.90 Å². The number of nitrogens with one attached hydrogen (secondary N) is 1. The minimum Gasteiger partial charge on any atom is -0.395 e. The Morgan fingerprint density at radius 1 is 0.826 bits per heavy atom. The minimum absolute atomic E-state index is 0.0760. The summed E-state index contributed by atoms with van der Waals surface area (Å²) in [5, 5.41) is 35.9. The van der Waals surface area contributed by atoms with Crippen LogP contribution in [0.3, 0.4) is 0 Å². The van der Waals surface area contributed by atoms with Gasteiger partial charge < -0.3 is 20.2 Å². The van der Waals surface area contributed by atoms with Crippen molar-refractivity contribution < 1.29 is 15.3 Å². The van der Waals surface area contributed by atoms with Crippen LogP contribution in [0.25, 0.3) is 0 Å². The number of hydrogen-bond donors (Lipinski definition) is 4. The maximum absolute atomic E-state index is 10.0. The van der Waals surface area contributed by atoms with Crippen molar-refractivity contribution in [3.63, 3.8) is 0 Å². The quantitative estimate of drug-likeness (QED) is 0.199. The predicted molar refractivity (Wildman–Crippen MR) is 95.9 cm³/mol. The maximum Gasteiger partial charge on any atom is 0.125 e. The average molecular weight is 331 g/mol. The van der Waals surface area contributed by atoms with E-state index in [0.29, 0.717) is 6.42 Å². The maximum atomic E-state index is 10.0. The van der Waals surface area contributed by atoms with Crippen LogP contribution in [0.4, 0.5) is 0 Å². The van der Waals surface area contributed by atoms with E-state index in [4.69, 9.17) is 15.6 Å². The van der Waals surface area contributed by atoms with Gasteiger partial charge in [0.15, 0.2) is 0 Å². The van der Waals surface area contributed by atoms with Crippen molar-refractivity contribution >= 4 is 5.84 Å². The topological polar surface area (TPSA) is 87.8 Å². The molecule has 5 heteroatoms. The van der Waals surface area contributed by atoms with Gasteiger partial charge in [-0.1, -0.05) is 71.1 Å². The molecule has 138 valence electrons. The summed E-state index contributed by atoms with van der Waals surface area (Å²) in [4.78, 5) is 1.54. The number of rotatable bonds is 16. The van der Waals surface area contributed by atoms with Crippen LogP contribution in [0, 0.1) is 5.41 Å². The Morgan fingerprint density at radius 3 is 1.70 bits per heavy atom. The average Bonchev–Trinajstić information content (AvgIpc) is 2.55. The molecule has 4 N–H and O–H groups in total.